The van der Waals surface area contributed by atoms with E-state index in [0.29, 0.717) is 18.8 Å². The average molecular weight is 327 g/mol. The molecule has 1 aromatic heterocycles. The largest absolute Gasteiger partial charge is 0.399 e. The lowest BCUT2D eigenvalue weighted by molar-refractivity contribution is -0.270. The number of hydrogen-bond donors (Lipinski definition) is 1. The number of hydrogen-bond acceptors (Lipinski definition) is 5. The van der Waals surface area contributed by atoms with Gasteiger partial charge in [-0.1, -0.05) is 30.3 Å². The van der Waals surface area contributed by atoms with Crippen LogP contribution in [-0.2, 0) is 16.1 Å². The first-order valence-corrected chi connectivity index (χ1v) is 8.08. The van der Waals surface area contributed by atoms with Crippen LogP contribution in [0.1, 0.15) is 35.3 Å². The third-order valence-electron chi connectivity index (χ3n) is 3.78. The van der Waals surface area contributed by atoms with Crippen molar-refractivity contribution in [2.75, 3.05) is 12.3 Å². The molecular weight excluding hydrogens is 306 g/mol. The second-order valence-corrected chi connectivity index (χ2v) is 5.70. The molecule has 1 atom stereocenters. The van der Waals surface area contributed by atoms with Crippen LogP contribution in [0, 0.1) is 0 Å². The van der Waals surface area contributed by atoms with Crippen LogP contribution < -0.4 is 5.73 Å². The van der Waals surface area contributed by atoms with E-state index in [2.05, 4.69) is 4.98 Å². The normalized spacial score (nSPS) is 17.4. The number of nitrogens with zero attached hydrogens (tertiary/aromatic N) is 2. The summed E-state index contributed by atoms with van der Waals surface area (Å²) < 4.78 is 5.59. The van der Waals surface area contributed by atoms with E-state index in [-0.39, 0.29) is 11.6 Å². The number of nitrogen functional groups attached to an aromatic ring is 1. The van der Waals surface area contributed by atoms with E-state index < -0.39 is 6.29 Å². The molecule has 2 N–H and O–H groups in total. The molecule has 24 heavy (non-hydrogen) atoms. The van der Waals surface area contributed by atoms with E-state index in [1.165, 1.54) is 11.3 Å². The quantitative estimate of drug-likeness (QED) is 0.854. The third kappa shape index (κ3) is 4.31. The minimum atomic E-state index is -0.410. The SMILES string of the molecule is Nc1ccnc(C(=O)N(Cc2ccccc2)O[C@H]2CCCCO2)c1. The number of aromatic nitrogens is 1. The molecule has 2 aromatic rings. The Hall–Kier alpha value is -2.44. The summed E-state index contributed by atoms with van der Waals surface area (Å²) in [5.74, 6) is -0.333. The van der Waals surface area contributed by atoms with Gasteiger partial charge >= 0.3 is 0 Å². The number of anilines is 1. The first kappa shape index (κ1) is 16.4. The number of benzene rings is 1. The fourth-order valence-electron chi connectivity index (χ4n) is 2.53. The Morgan fingerprint density at radius 1 is 1.29 bits per heavy atom. The molecule has 126 valence electrons. The number of amides is 1. The van der Waals surface area contributed by atoms with Gasteiger partial charge < -0.3 is 10.5 Å². The maximum Gasteiger partial charge on any atom is 0.296 e. The fraction of sp³-hybridized carbons (Fsp3) is 0.333. The maximum absolute atomic E-state index is 12.8. The number of rotatable bonds is 5. The van der Waals surface area contributed by atoms with Crippen LogP contribution in [-0.4, -0.2) is 28.9 Å². The van der Waals surface area contributed by atoms with Crippen LogP contribution in [0.3, 0.4) is 0 Å². The van der Waals surface area contributed by atoms with Crippen LogP contribution in [0.4, 0.5) is 5.69 Å². The molecule has 1 aliphatic heterocycles. The minimum absolute atomic E-state index is 0.252. The molecule has 6 nitrogen and oxygen atoms in total. The topological polar surface area (TPSA) is 77.7 Å². The highest BCUT2D eigenvalue weighted by Gasteiger charge is 2.24. The molecule has 6 heteroatoms. The first-order valence-electron chi connectivity index (χ1n) is 8.08. The Balaban J connectivity index is 1.78. The van der Waals surface area contributed by atoms with Gasteiger partial charge in [-0.25, -0.2) is 9.90 Å². The van der Waals surface area contributed by atoms with Crippen molar-refractivity contribution >= 4 is 11.6 Å². The van der Waals surface area contributed by atoms with Crippen molar-refractivity contribution in [2.24, 2.45) is 0 Å². The molecule has 0 bridgehead atoms. The zero-order valence-corrected chi connectivity index (χ0v) is 13.4. The number of hydroxylamine groups is 2. The monoisotopic (exact) mass is 327 g/mol. The zero-order valence-electron chi connectivity index (χ0n) is 13.4. The second-order valence-electron chi connectivity index (χ2n) is 5.70. The zero-order chi connectivity index (χ0) is 16.8. The summed E-state index contributed by atoms with van der Waals surface area (Å²) in [6.07, 6.45) is 3.91. The predicted molar refractivity (Wildman–Crippen MR) is 89.6 cm³/mol. The van der Waals surface area contributed by atoms with Crippen LogP contribution in [0.5, 0.6) is 0 Å². The van der Waals surface area contributed by atoms with E-state index in [1.807, 2.05) is 30.3 Å². The van der Waals surface area contributed by atoms with E-state index in [4.69, 9.17) is 15.3 Å². The summed E-state index contributed by atoms with van der Waals surface area (Å²) in [5.41, 5.74) is 7.46. The van der Waals surface area contributed by atoms with E-state index >= 15 is 0 Å². The predicted octanol–water partition coefficient (Wildman–Crippen LogP) is 2.76. The number of carbonyl (C=O) groups excluding carboxylic acids is 1. The Labute approximate surface area is 141 Å². The Morgan fingerprint density at radius 2 is 2.12 bits per heavy atom. The van der Waals surface area contributed by atoms with Crippen molar-refractivity contribution in [3.8, 4) is 0 Å². The molecule has 0 spiro atoms. The van der Waals surface area contributed by atoms with Crippen LogP contribution in [0.15, 0.2) is 48.7 Å². The van der Waals surface area contributed by atoms with Gasteiger partial charge in [0.05, 0.1) is 6.54 Å². The molecule has 2 heterocycles. The summed E-state index contributed by atoms with van der Waals surface area (Å²) in [6.45, 7) is 0.963. The van der Waals surface area contributed by atoms with Gasteiger partial charge in [0.25, 0.3) is 5.91 Å². The lowest BCUT2D eigenvalue weighted by Crippen LogP contribution is -2.37. The van der Waals surface area contributed by atoms with Crippen molar-refractivity contribution in [1.29, 1.82) is 0 Å². The van der Waals surface area contributed by atoms with Gasteiger partial charge in [0.15, 0.2) is 6.29 Å². The van der Waals surface area contributed by atoms with Crippen molar-refractivity contribution in [3.63, 3.8) is 0 Å². The van der Waals surface area contributed by atoms with Crippen molar-refractivity contribution < 1.29 is 14.4 Å². The lowest BCUT2D eigenvalue weighted by atomic mass is 10.2. The molecule has 3 rings (SSSR count). The lowest BCUT2D eigenvalue weighted by Gasteiger charge is -2.29. The molecule has 1 amide bonds. The number of pyridine rings is 1. The Bertz CT molecular complexity index is 672. The summed E-state index contributed by atoms with van der Waals surface area (Å²) in [7, 11) is 0. The van der Waals surface area contributed by atoms with Gasteiger partial charge in [0, 0.05) is 24.9 Å². The number of carbonyl (C=O) groups is 1. The summed E-state index contributed by atoms with van der Waals surface area (Å²) in [6, 6.07) is 12.9. The van der Waals surface area contributed by atoms with Crippen LogP contribution >= 0.6 is 0 Å². The number of ether oxygens (including phenoxy) is 1. The van der Waals surface area contributed by atoms with E-state index in [1.54, 1.807) is 12.1 Å². The summed E-state index contributed by atoms with van der Waals surface area (Å²) in [5, 5.41) is 1.31. The van der Waals surface area contributed by atoms with E-state index in [0.717, 1.165) is 24.8 Å². The van der Waals surface area contributed by atoms with Crippen molar-refractivity contribution in [1.82, 2.24) is 10.0 Å². The Morgan fingerprint density at radius 3 is 2.83 bits per heavy atom. The van der Waals surface area contributed by atoms with Crippen LogP contribution in [0.2, 0.25) is 0 Å². The number of nitrogens with two attached hydrogens (primary N) is 1. The van der Waals surface area contributed by atoms with Crippen molar-refractivity contribution in [2.45, 2.75) is 32.1 Å². The molecule has 0 unspecified atom stereocenters. The van der Waals surface area contributed by atoms with Gasteiger partial charge in [-0.3, -0.25) is 9.78 Å². The molecule has 0 radical (unpaired) electrons. The Kier molecular flexibility index (Phi) is 5.40. The van der Waals surface area contributed by atoms with E-state index in [9.17, 15) is 4.79 Å². The molecule has 0 saturated carbocycles. The highest BCUT2D eigenvalue weighted by atomic mass is 16.8. The molecule has 1 aliphatic rings. The van der Waals surface area contributed by atoms with Gasteiger partial charge in [0.1, 0.15) is 5.69 Å². The van der Waals surface area contributed by atoms with Crippen LogP contribution in [0.25, 0.3) is 0 Å². The molecular formula is C18H21N3O3. The minimum Gasteiger partial charge on any atom is -0.399 e. The second kappa shape index (κ2) is 7.90. The first-order chi connectivity index (χ1) is 11.7. The standard InChI is InChI=1S/C18H21N3O3/c19-15-9-10-20-16(12-15)18(22)21(13-14-6-2-1-3-7-14)24-17-8-4-5-11-23-17/h1-3,6-7,9-10,12,17H,4-5,8,11,13H2,(H2,19,20)/t17-/m0/s1. The maximum atomic E-state index is 12.8. The van der Waals surface area contributed by atoms with Gasteiger partial charge in [-0.05, 0) is 30.5 Å². The van der Waals surface area contributed by atoms with Crippen molar-refractivity contribution in [3.05, 3.63) is 59.9 Å². The highest BCUT2D eigenvalue weighted by molar-refractivity contribution is 5.92. The highest BCUT2D eigenvalue weighted by Crippen LogP contribution is 2.18. The molecule has 1 saturated heterocycles. The fourth-order valence-corrected chi connectivity index (χ4v) is 2.53. The third-order valence-corrected chi connectivity index (χ3v) is 3.78. The van der Waals surface area contributed by atoms with Gasteiger partial charge in [0.2, 0.25) is 0 Å². The molecule has 1 fully saturated rings. The summed E-state index contributed by atoms with van der Waals surface area (Å²) in [4.78, 5) is 22.7. The average Bonchev–Trinajstić information content (AvgIpc) is 2.62. The molecule has 1 aromatic carbocycles. The molecule has 0 aliphatic carbocycles. The van der Waals surface area contributed by atoms with Gasteiger partial charge in [-0.15, -0.1) is 0 Å². The summed E-state index contributed by atoms with van der Waals surface area (Å²) >= 11 is 0. The van der Waals surface area contributed by atoms with Gasteiger partial charge in [-0.2, -0.15) is 0 Å². The smallest absolute Gasteiger partial charge is 0.296 e.